The van der Waals surface area contributed by atoms with Crippen LogP contribution in [0.15, 0.2) is 24.4 Å². The molecule has 1 fully saturated rings. The highest BCUT2D eigenvalue weighted by Gasteiger charge is 2.10. The summed E-state index contributed by atoms with van der Waals surface area (Å²) in [6, 6.07) is 6.41. The maximum Gasteiger partial charge on any atom is 0.321 e. The molecule has 0 aromatic carbocycles. The zero-order valence-electron chi connectivity index (χ0n) is 10.5. The van der Waals surface area contributed by atoms with E-state index in [-0.39, 0.29) is 0 Å². The van der Waals surface area contributed by atoms with E-state index >= 15 is 0 Å². The predicted molar refractivity (Wildman–Crippen MR) is 68.8 cm³/mol. The monoisotopic (exact) mass is 246 g/mol. The van der Waals surface area contributed by atoms with Gasteiger partial charge >= 0.3 is 6.01 Å². The van der Waals surface area contributed by atoms with Crippen LogP contribution in [0.1, 0.15) is 19.3 Å². The third-order valence-electron chi connectivity index (χ3n) is 3.37. The molecule has 0 atom stereocenters. The van der Waals surface area contributed by atoms with Gasteiger partial charge in [0.15, 0.2) is 5.65 Å². The summed E-state index contributed by atoms with van der Waals surface area (Å²) in [7, 11) is 0. The highest BCUT2D eigenvalue weighted by atomic mass is 16.5. The molecule has 0 unspecified atom stereocenters. The number of ether oxygens (including phenoxy) is 1. The summed E-state index contributed by atoms with van der Waals surface area (Å²) < 4.78 is 7.58. The smallest absolute Gasteiger partial charge is 0.321 e. The molecule has 2 aromatic rings. The summed E-state index contributed by atoms with van der Waals surface area (Å²) in [6.07, 6.45) is 5.92. The van der Waals surface area contributed by atoms with Crippen LogP contribution in [0.5, 0.6) is 6.01 Å². The largest absolute Gasteiger partial charge is 0.462 e. The van der Waals surface area contributed by atoms with Gasteiger partial charge in [-0.05, 0) is 38.1 Å². The SMILES string of the molecule is c1ccn2c(OCCN3CCCCC3)nnc2c1. The maximum atomic E-state index is 5.71. The molecular weight excluding hydrogens is 228 g/mol. The van der Waals surface area contributed by atoms with Crippen molar-refractivity contribution < 1.29 is 4.74 Å². The highest BCUT2D eigenvalue weighted by molar-refractivity contribution is 5.38. The second-order valence-corrected chi connectivity index (χ2v) is 4.66. The first-order valence-electron chi connectivity index (χ1n) is 6.58. The van der Waals surface area contributed by atoms with Gasteiger partial charge in [-0.2, -0.15) is 0 Å². The lowest BCUT2D eigenvalue weighted by Gasteiger charge is -2.25. The Labute approximate surface area is 106 Å². The van der Waals surface area contributed by atoms with Crippen molar-refractivity contribution in [3.05, 3.63) is 24.4 Å². The van der Waals surface area contributed by atoms with Gasteiger partial charge in [0.25, 0.3) is 0 Å². The van der Waals surface area contributed by atoms with E-state index in [2.05, 4.69) is 15.1 Å². The molecule has 3 rings (SSSR count). The molecule has 5 heteroatoms. The van der Waals surface area contributed by atoms with Crippen LogP contribution in [-0.4, -0.2) is 45.7 Å². The number of likely N-dealkylation sites (tertiary alicyclic amines) is 1. The average molecular weight is 246 g/mol. The van der Waals surface area contributed by atoms with E-state index in [0.29, 0.717) is 12.6 Å². The Morgan fingerprint density at radius 2 is 2.00 bits per heavy atom. The Balaban J connectivity index is 1.56. The van der Waals surface area contributed by atoms with Crippen LogP contribution in [0, 0.1) is 0 Å². The second-order valence-electron chi connectivity index (χ2n) is 4.66. The third-order valence-corrected chi connectivity index (χ3v) is 3.37. The van der Waals surface area contributed by atoms with Crippen molar-refractivity contribution in [3.63, 3.8) is 0 Å². The second kappa shape index (κ2) is 5.35. The molecule has 0 radical (unpaired) electrons. The number of hydrogen-bond acceptors (Lipinski definition) is 4. The minimum Gasteiger partial charge on any atom is -0.462 e. The Morgan fingerprint density at radius 1 is 1.11 bits per heavy atom. The van der Waals surface area contributed by atoms with Crippen molar-refractivity contribution >= 4 is 5.65 Å². The molecule has 0 aliphatic carbocycles. The van der Waals surface area contributed by atoms with Gasteiger partial charge in [-0.25, -0.2) is 0 Å². The number of hydrogen-bond donors (Lipinski definition) is 0. The van der Waals surface area contributed by atoms with Crippen LogP contribution in [-0.2, 0) is 0 Å². The van der Waals surface area contributed by atoms with Crippen LogP contribution in [0.2, 0.25) is 0 Å². The van der Waals surface area contributed by atoms with Crippen molar-refractivity contribution in [2.75, 3.05) is 26.2 Å². The zero-order valence-corrected chi connectivity index (χ0v) is 10.5. The number of piperidine rings is 1. The van der Waals surface area contributed by atoms with Gasteiger partial charge in [0, 0.05) is 12.7 Å². The van der Waals surface area contributed by atoms with Gasteiger partial charge in [-0.3, -0.25) is 9.30 Å². The van der Waals surface area contributed by atoms with Gasteiger partial charge in [0.05, 0.1) is 0 Å². The Bertz CT molecular complexity index is 504. The molecule has 0 amide bonds. The van der Waals surface area contributed by atoms with E-state index in [4.69, 9.17) is 4.74 Å². The topological polar surface area (TPSA) is 42.7 Å². The Morgan fingerprint density at radius 3 is 2.89 bits per heavy atom. The lowest BCUT2D eigenvalue weighted by molar-refractivity contribution is 0.176. The lowest BCUT2D eigenvalue weighted by atomic mass is 10.1. The molecule has 2 aromatic heterocycles. The summed E-state index contributed by atoms with van der Waals surface area (Å²) in [5.74, 6) is 0. The molecule has 1 saturated heterocycles. The van der Waals surface area contributed by atoms with Crippen molar-refractivity contribution in [3.8, 4) is 6.01 Å². The zero-order chi connectivity index (χ0) is 12.2. The van der Waals surface area contributed by atoms with Gasteiger partial charge in [-0.1, -0.05) is 17.6 Å². The minimum absolute atomic E-state index is 0.586. The molecule has 0 spiro atoms. The molecule has 18 heavy (non-hydrogen) atoms. The fourth-order valence-corrected chi connectivity index (χ4v) is 2.37. The van der Waals surface area contributed by atoms with Crippen molar-refractivity contribution in [1.82, 2.24) is 19.5 Å². The summed E-state index contributed by atoms with van der Waals surface area (Å²) in [5, 5.41) is 8.11. The molecule has 5 nitrogen and oxygen atoms in total. The predicted octanol–water partition coefficient (Wildman–Crippen LogP) is 1.59. The molecule has 1 aliphatic heterocycles. The van der Waals surface area contributed by atoms with Crippen LogP contribution in [0.25, 0.3) is 5.65 Å². The van der Waals surface area contributed by atoms with E-state index in [1.54, 1.807) is 0 Å². The molecule has 96 valence electrons. The van der Waals surface area contributed by atoms with E-state index in [0.717, 1.165) is 12.2 Å². The summed E-state index contributed by atoms with van der Waals surface area (Å²) in [5.41, 5.74) is 0.825. The molecule has 3 heterocycles. The third kappa shape index (κ3) is 2.46. The van der Waals surface area contributed by atoms with E-state index in [1.807, 2.05) is 28.8 Å². The first-order chi connectivity index (χ1) is 8.93. The van der Waals surface area contributed by atoms with E-state index in [9.17, 15) is 0 Å². The van der Waals surface area contributed by atoms with Crippen LogP contribution >= 0.6 is 0 Å². The van der Waals surface area contributed by atoms with Crippen molar-refractivity contribution in [2.24, 2.45) is 0 Å². The first-order valence-corrected chi connectivity index (χ1v) is 6.58. The number of fused-ring (bicyclic) bond motifs is 1. The number of rotatable bonds is 4. The fraction of sp³-hybridized carbons (Fsp3) is 0.538. The number of pyridine rings is 1. The standard InChI is InChI=1S/C13H18N4O/c1-3-7-16(8-4-1)10-11-18-13-15-14-12-6-2-5-9-17(12)13/h2,5-6,9H,1,3-4,7-8,10-11H2. The molecule has 0 bridgehead atoms. The minimum atomic E-state index is 0.586. The fourth-order valence-electron chi connectivity index (χ4n) is 2.37. The van der Waals surface area contributed by atoms with Gasteiger partial charge in [-0.15, -0.1) is 5.10 Å². The molecule has 1 aliphatic rings. The molecule has 0 saturated carbocycles. The Hall–Kier alpha value is -1.62. The quantitative estimate of drug-likeness (QED) is 0.821. The van der Waals surface area contributed by atoms with Crippen molar-refractivity contribution in [2.45, 2.75) is 19.3 Å². The van der Waals surface area contributed by atoms with Crippen LogP contribution in [0.4, 0.5) is 0 Å². The van der Waals surface area contributed by atoms with Crippen molar-refractivity contribution in [1.29, 1.82) is 0 Å². The normalized spacial score (nSPS) is 17.1. The first kappa shape index (κ1) is 11.5. The summed E-state index contributed by atoms with van der Waals surface area (Å²) in [6.45, 7) is 4.05. The van der Waals surface area contributed by atoms with Gasteiger partial charge < -0.3 is 4.74 Å². The van der Waals surface area contributed by atoms with Crippen LogP contribution in [0.3, 0.4) is 0 Å². The number of aromatic nitrogens is 3. The van der Waals surface area contributed by atoms with Crippen LogP contribution < -0.4 is 4.74 Å². The summed E-state index contributed by atoms with van der Waals surface area (Å²) in [4.78, 5) is 2.45. The maximum absolute atomic E-state index is 5.71. The molecule has 0 N–H and O–H groups in total. The average Bonchev–Trinajstić information content (AvgIpc) is 2.84. The number of nitrogens with zero attached hydrogens (tertiary/aromatic N) is 4. The highest BCUT2D eigenvalue weighted by Crippen LogP contribution is 2.11. The van der Waals surface area contributed by atoms with Gasteiger partial charge in [0.1, 0.15) is 6.61 Å². The lowest BCUT2D eigenvalue weighted by Crippen LogP contribution is -2.33. The Kier molecular flexibility index (Phi) is 3.41. The van der Waals surface area contributed by atoms with E-state index in [1.165, 1.54) is 32.4 Å². The molecular formula is C13H18N4O. The van der Waals surface area contributed by atoms with E-state index < -0.39 is 0 Å². The van der Waals surface area contributed by atoms with Gasteiger partial charge in [0.2, 0.25) is 0 Å². The summed E-state index contributed by atoms with van der Waals surface area (Å²) >= 11 is 0.